The minimum absolute atomic E-state index is 0.301. The van der Waals surface area contributed by atoms with Crippen LogP contribution in [0.4, 0.5) is 4.79 Å². The number of alkyl carbamates (subject to hydrolysis) is 1. The molecule has 0 unspecified atom stereocenters. The Balaban J connectivity index is 3.54. The maximum Gasteiger partial charge on any atom is 0.407 e. The Morgan fingerprint density at radius 3 is 2.29 bits per heavy atom. The largest absolute Gasteiger partial charge is 0.444 e. The van der Waals surface area contributed by atoms with E-state index in [0.29, 0.717) is 19.5 Å². The van der Waals surface area contributed by atoms with Gasteiger partial charge in [-0.05, 0) is 40.0 Å². The first-order valence-corrected chi connectivity index (χ1v) is 5.52. The van der Waals surface area contributed by atoms with E-state index < -0.39 is 11.7 Å². The third-order valence-corrected chi connectivity index (χ3v) is 1.55. The Labute approximate surface area is 102 Å². The number of carbonyl (C=O) groups excluding carboxylic acids is 2. The standard InChI is InChI=1S/C12H20N2O3/c1-5-7-10(15)13-8-6-9-14-11(16)17-12(2,3)4/h6,8-9H2,1-4H3,(H,13,15)(H,14,16). The van der Waals surface area contributed by atoms with E-state index in [4.69, 9.17) is 4.74 Å². The average molecular weight is 240 g/mol. The van der Waals surface area contributed by atoms with Gasteiger partial charge in [-0.3, -0.25) is 4.79 Å². The maximum atomic E-state index is 11.2. The molecule has 0 aromatic rings. The number of ether oxygens (including phenoxy) is 1. The summed E-state index contributed by atoms with van der Waals surface area (Å²) in [7, 11) is 0. The molecule has 0 rings (SSSR count). The first-order chi connectivity index (χ1) is 7.85. The topological polar surface area (TPSA) is 67.4 Å². The normalized spacial score (nSPS) is 9.88. The van der Waals surface area contributed by atoms with Gasteiger partial charge in [0, 0.05) is 13.1 Å². The molecule has 0 aliphatic heterocycles. The zero-order chi connectivity index (χ0) is 13.3. The summed E-state index contributed by atoms with van der Waals surface area (Å²) in [6, 6.07) is 0. The average Bonchev–Trinajstić information content (AvgIpc) is 2.14. The zero-order valence-electron chi connectivity index (χ0n) is 10.8. The van der Waals surface area contributed by atoms with Crippen LogP contribution in [-0.2, 0) is 9.53 Å². The molecule has 0 spiro atoms. The number of hydrogen-bond donors (Lipinski definition) is 2. The minimum Gasteiger partial charge on any atom is -0.444 e. The van der Waals surface area contributed by atoms with E-state index >= 15 is 0 Å². The summed E-state index contributed by atoms with van der Waals surface area (Å²) in [4.78, 5) is 22.1. The number of nitrogens with one attached hydrogen (secondary N) is 2. The van der Waals surface area contributed by atoms with Crippen molar-refractivity contribution in [3.8, 4) is 11.8 Å². The molecule has 5 nitrogen and oxygen atoms in total. The van der Waals surface area contributed by atoms with E-state index in [1.807, 2.05) is 0 Å². The summed E-state index contributed by atoms with van der Waals surface area (Å²) in [5.74, 6) is 4.56. The first-order valence-electron chi connectivity index (χ1n) is 5.52. The van der Waals surface area contributed by atoms with Crippen LogP contribution in [0.1, 0.15) is 34.1 Å². The number of carbonyl (C=O) groups is 2. The molecule has 0 radical (unpaired) electrons. The van der Waals surface area contributed by atoms with E-state index in [9.17, 15) is 9.59 Å². The molecule has 17 heavy (non-hydrogen) atoms. The van der Waals surface area contributed by atoms with Gasteiger partial charge in [0.1, 0.15) is 5.60 Å². The van der Waals surface area contributed by atoms with Crippen molar-refractivity contribution in [3.63, 3.8) is 0 Å². The van der Waals surface area contributed by atoms with Gasteiger partial charge < -0.3 is 15.4 Å². The van der Waals surface area contributed by atoms with E-state index in [1.54, 1.807) is 27.7 Å². The Hall–Kier alpha value is -1.70. The highest BCUT2D eigenvalue weighted by Crippen LogP contribution is 2.06. The van der Waals surface area contributed by atoms with Gasteiger partial charge >= 0.3 is 6.09 Å². The second-order valence-corrected chi connectivity index (χ2v) is 4.41. The molecule has 0 atom stereocenters. The van der Waals surface area contributed by atoms with Gasteiger partial charge in [0.05, 0.1) is 0 Å². The molecular weight excluding hydrogens is 220 g/mol. The summed E-state index contributed by atoms with van der Waals surface area (Å²) in [5, 5.41) is 5.20. The predicted octanol–water partition coefficient (Wildman–Crippen LogP) is 1.04. The summed E-state index contributed by atoms with van der Waals surface area (Å²) < 4.78 is 5.04. The van der Waals surface area contributed by atoms with Crippen molar-refractivity contribution >= 4 is 12.0 Å². The van der Waals surface area contributed by atoms with Gasteiger partial charge in [-0.1, -0.05) is 5.92 Å². The SMILES string of the molecule is CC#CC(=O)NCCCNC(=O)OC(C)(C)C. The molecule has 2 N–H and O–H groups in total. The number of rotatable bonds is 4. The van der Waals surface area contributed by atoms with Gasteiger partial charge in [-0.25, -0.2) is 4.79 Å². The second-order valence-electron chi connectivity index (χ2n) is 4.41. The molecule has 0 fully saturated rings. The summed E-state index contributed by atoms with van der Waals surface area (Å²) >= 11 is 0. The lowest BCUT2D eigenvalue weighted by molar-refractivity contribution is -0.115. The molecule has 0 bridgehead atoms. The predicted molar refractivity (Wildman–Crippen MR) is 65.3 cm³/mol. The summed E-state index contributed by atoms with van der Waals surface area (Å²) in [6.45, 7) is 7.93. The molecule has 5 heteroatoms. The van der Waals surface area contributed by atoms with Crippen molar-refractivity contribution in [2.45, 2.75) is 39.7 Å². The number of amides is 2. The van der Waals surface area contributed by atoms with Gasteiger partial charge in [-0.2, -0.15) is 0 Å². The molecule has 0 aromatic heterocycles. The lowest BCUT2D eigenvalue weighted by Crippen LogP contribution is -2.34. The fraction of sp³-hybridized carbons (Fsp3) is 0.667. The molecule has 0 saturated heterocycles. The second kappa shape index (κ2) is 7.55. The molecule has 0 saturated carbocycles. The lowest BCUT2D eigenvalue weighted by atomic mass is 10.2. The highest BCUT2D eigenvalue weighted by atomic mass is 16.6. The fourth-order valence-corrected chi connectivity index (χ4v) is 0.953. The Bertz CT molecular complexity index is 321. The highest BCUT2D eigenvalue weighted by Gasteiger charge is 2.15. The highest BCUT2D eigenvalue weighted by molar-refractivity contribution is 5.93. The molecule has 0 heterocycles. The van der Waals surface area contributed by atoms with Crippen molar-refractivity contribution in [2.75, 3.05) is 13.1 Å². The maximum absolute atomic E-state index is 11.2. The van der Waals surface area contributed by atoms with Crippen molar-refractivity contribution in [1.29, 1.82) is 0 Å². The smallest absolute Gasteiger partial charge is 0.407 e. The van der Waals surface area contributed by atoms with Crippen molar-refractivity contribution in [1.82, 2.24) is 10.6 Å². The van der Waals surface area contributed by atoms with Gasteiger partial charge in [0.25, 0.3) is 5.91 Å². The monoisotopic (exact) mass is 240 g/mol. The van der Waals surface area contributed by atoms with Gasteiger partial charge in [-0.15, -0.1) is 0 Å². The summed E-state index contributed by atoms with van der Waals surface area (Å²) in [6.07, 6.45) is 0.188. The van der Waals surface area contributed by atoms with Crippen LogP contribution in [0, 0.1) is 11.8 Å². The van der Waals surface area contributed by atoms with Crippen LogP contribution in [0.2, 0.25) is 0 Å². The van der Waals surface area contributed by atoms with Gasteiger partial charge in [0.2, 0.25) is 0 Å². The van der Waals surface area contributed by atoms with Crippen LogP contribution < -0.4 is 10.6 Å². The van der Waals surface area contributed by atoms with Crippen molar-refractivity contribution in [2.24, 2.45) is 0 Å². The third kappa shape index (κ3) is 10.6. The van der Waals surface area contributed by atoms with Crippen molar-refractivity contribution < 1.29 is 14.3 Å². The number of hydrogen-bond acceptors (Lipinski definition) is 3. The molecule has 0 aliphatic carbocycles. The van der Waals surface area contributed by atoms with Crippen LogP contribution in [0.3, 0.4) is 0 Å². The quantitative estimate of drug-likeness (QED) is 0.570. The molecular formula is C12H20N2O3. The zero-order valence-corrected chi connectivity index (χ0v) is 10.8. The van der Waals surface area contributed by atoms with E-state index in [-0.39, 0.29) is 5.91 Å². The Morgan fingerprint density at radius 1 is 1.18 bits per heavy atom. The van der Waals surface area contributed by atoms with Crippen LogP contribution >= 0.6 is 0 Å². The fourth-order valence-electron chi connectivity index (χ4n) is 0.953. The molecule has 96 valence electrons. The van der Waals surface area contributed by atoms with E-state index in [0.717, 1.165) is 0 Å². The third-order valence-electron chi connectivity index (χ3n) is 1.55. The Kier molecular flexibility index (Phi) is 6.80. The Morgan fingerprint density at radius 2 is 1.76 bits per heavy atom. The summed E-state index contributed by atoms with van der Waals surface area (Å²) in [5.41, 5.74) is -0.491. The molecule has 0 aromatic carbocycles. The van der Waals surface area contributed by atoms with Gasteiger partial charge in [0.15, 0.2) is 0 Å². The lowest BCUT2D eigenvalue weighted by Gasteiger charge is -2.19. The van der Waals surface area contributed by atoms with E-state index in [2.05, 4.69) is 22.5 Å². The van der Waals surface area contributed by atoms with Crippen LogP contribution in [-0.4, -0.2) is 30.7 Å². The first kappa shape index (κ1) is 15.3. The van der Waals surface area contributed by atoms with Crippen molar-refractivity contribution in [3.05, 3.63) is 0 Å². The minimum atomic E-state index is -0.491. The van der Waals surface area contributed by atoms with E-state index in [1.165, 1.54) is 0 Å². The molecule has 2 amide bonds. The molecule has 0 aliphatic rings. The van der Waals surface area contributed by atoms with Crippen LogP contribution in [0.25, 0.3) is 0 Å². The van der Waals surface area contributed by atoms with Crippen LogP contribution in [0.5, 0.6) is 0 Å². The van der Waals surface area contributed by atoms with Crippen LogP contribution in [0.15, 0.2) is 0 Å².